The van der Waals surface area contributed by atoms with Crippen molar-refractivity contribution in [1.82, 2.24) is 9.88 Å². The topological polar surface area (TPSA) is 128 Å². The lowest BCUT2D eigenvalue weighted by Gasteiger charge is -2.16. The third-order valence-electron chi connectivity index (χ3n) is 3.86. The van der Waals surface area contributed by atoms with Gasteiger partial charge in [-0.1, -0.05) is 0 Å². The zero-order chi connectivity index (χ0) is 19.1. The molecule has 9 nitrogen and oxygen atoms in total. The van der Waals surface area contributed by atoms with E-state index < -0.39 is 10.7 Å². The van der Waals surface area contributed by atoms with Gasteiger partial charge in [-0.3, -0.25) is 19.5 Å². The van der Waals surface area contributed by atoms with Crippen LogP contribution in [0, 0.1) is 10.1 Å². The summed E-state index contributed by atoms with van der Waals surface area (Å²) in [5.41, 5.74) is 0.458. The fourth-order valence-corrected chi connectivity index (χ4v) is 3.28. The predicted octanol–water partition coefficient (Wildman–Crippen LogP) is 1.51. The molecular formula is C16H21N3O6S. The first-order chi connectivity index (χ1) is 12.5. The lowest BCUT2D eigenvalue weighted by molar-refractivity contribution is -0.384. The van der Waals surface area contributed by atoms with E-state index in [0.717, 1.165) is 5.75 Å². The summed E-state index contributed by atoms with van der Waals surface area (Å²) in [6, 6.07) is 3.90. The number of aliphatic hydroxyl groups excluding tert-OH is 1. The van der Waals surface area contributed by atoms with Gasteiger partial charge in [0.05, 0.1) is 16.5 Å². The molecule has 0 saturated heterocycles. The van der Waals surface area contributed by atoms with Crippen LogP contribution in [0.2, 0.25) is 0 Å². The number of hydrogen-bond acceptors (Lipinski definition) is 7. The van der Waals surface area contributed by atoms with Gasteiger partial charge in [0.1, 0.15) is 0 Å². The van der Waals surface area contributed by atoms with E-state index in [1.54, 1.807) is 11.8 Å². The van der Waals surface area contributed by atoms with Crippen molar-refractivity contribution in [3.63, 3.8) is 0 Å². The highest BCUT2D eigenvalue weighted by molar-refractivity contribution is 7.98. The van der Waals surface area contributed by atoms with Crippen molar-refractivity contribution >= 4 is 34.5 Å². The maximum Gasteiger partial charge on any atom is 0.419 e. The Bertz CT molecular complexity index is 825. The number of nitrogens with one attached hydrogen (secondary N) is 1. The van der Waals surface area contributed by atoms with E-state index >= 15 is 0 Å². The molecule has 2 aromatic rings. The van der Waals surface area contributed by atoms with Crippen LogP contribution in [0.1, 0.15) is 19.3 Å². The number of aryl methyl sites for hydroxylation is 1. The Morgan fingerprint density at radius 2 is 2.27 bits per heavy atom. The number of carbonyl (C=O) groups is 1. The number of nitrogens with zero attached hydrogens (tertiary/aromatic N) is 2. The number of aromatic nitrogens is 1. The zero-order valence-electron chi connectivity index (χ0n) is 14.3. The molecule has 1 amide bonds. The first-order valence-electron chi connectivity index (χ1n) is 8.13. The molecule has 0 bridgehead atoms. The first kappa shape index (κ1) is 20.0. The summed E-state index contributed by atoms with van der Waals surface area (Å²) in [6.07, 6.45) is 3.07. The molecule has 0 radical (unpaired) electrons. The third-order valence-corrected chi connectivity index (χ3v) is 4.59. The van der Waals surface area contributed by atoms with E-state index in [0.29, 0.717) is 18.4 Å². The van der Waals surface area contributed by atoms with Gasteiger partial charge in [-0.2, -0.15) is 11.8 Å². The minimum absolute atomic E-state index is 0.00798. The summed E-state index contributed by atoms with van der Waals surface area (Å²) in [6.45, 7) is 0.276. The third kappa shape index (κ3) is 5.09. The SMILES string of the molecule is CSC[C@@H](CCO)NC(=O)CCCn1c(=O)oc2cc([N+](=O)[O-])ccc21. The van der Waals surface area contributed by atoms with Crippen LogP contribution in [0.5, 0.6) is 0 Å². The molecule has 0 unspecified atom stereocenters. The first-order valence-corrected chi connectivity index (χ1v) is 9.52. The van der Waals surface area contributed by atoms with Crippen LogP contribution in [-0.4, -0.2) is 45.2 Å². The number of thioether (sulfide) groups is 1. The summed E-state index contributed by atoms with van der Waals surface area (Å²) in [5, 5.41) is 22.7. The second-order valence-corrected chi connectivity index (χ2v) is 6.68. The van der Waals surface area contributed by atoms with Crippen molar-refractivity contribution in [2.45, 2.75) is 31.8 Å². The molecule has 0 aliphatic carbocycles. The molecule has 0 aliphatic heterocycles. The zero-order valence-corrected chi connectivity index (χ0v) is 15.2. The standard InChI is InChI=1S/C16H21N3O6S/c1-26-10-11(6-8-20)17-15(21)3-2-7-18-13-5-4-12(19(23)24)9-14(13)25-16(18)22/h4-5,9,11,20H,2-3,6-8,10H2,1H3,(H,17,21)/t11-/m1/s1. The van der Waals surface area contributed by atoms with E-state index in [2.05, 4.69) is 5.32 Å². The van der Waals surface area contributed by atoms with Crippen molar-refractivity contribution < 1.29 is 19.2 Å². The van der Waals surface area contributed by atoms with E-state index in [1.807, 2.05) is 6.26 Å². The average molecular weight is 383 g/mol. The quantitative estimate of drug-likeness (QED) is 0.470. The Morgan fingerprint density at radius 3 is 2.92 bits per heavy atom. The summed E-state index contributed by atoms with van der Waals surface area (Å²) < 4.78 is 6.41. The van der Waals surface area contributed by atoms with Crippen LogP contribution in [-0.2, 0) is 11.3 Å². The molecule has 2 rings (SSSR count). The maximum atomic E-state index is 12.0. The smallest absolute Gasteiger partial charge is 0.407 e. The summed E-state index contributed by atoms with van der Waals surface area (Å²) in [5.74, 6) is -0.0351. The predicted molar refractivity (Wildman–Crippen MR) is 98.4 cm³/mol. The van der Waals surface area contributed by atoms with Gasteiger partial charge in [-0.15, -0.1) is 0 Å². The molecule has 0 spiro atoms. The number of aliphatic hydroxyl groups is 1. The number of fused-ring (bicyclic) bond motifs is 1. The van der Waals surface area contributed by atoms with Crippen LogP contribution in [0.15, 0.2) is 27.4 Å². The van der Waals surface area contributed by atoms with Crippen LogP contribution in [0.4, 0.5) is 5.69 Å². The number of oxazole rings is 1. The van der Waals surface area contributed by atoms with Crippen molar-refractivity contribution in [1.29, 1.82) is 0 Å². The van der Waals surface area contributed by atoms with Crippen molar-refractivity contribution in [3.05, 3.63) is 38.9 Å². The number of benzene rings is 1. The van der Waals surface area contributed by atoms with E-state index in [4.69, 9.17) is 9.52 Å². The number of hydrogen-bond donors (Lipinski definition) is 2. The molecule has 1 atom stereocenters. The lowest BCUT2D eigenvalue weighted by Crippen LogP contribution is -2.37. The Balaban J connectivity index is 1.97. The average Bonchev–Trinajstić information content (AvgIpc) is 2.90. The second-order valence-electron chi connectivity index (χ2n) is 5.76. The Morgan fingerprint density at radius 1 is 1.50 bits per heavy atom. The minimum atomic E-state index is -0.610. The monoisotopic (exact) mass is 383 g/mol. The highest BCUT2D eigenvalue weighted by atomic mass is 32.2. The van der Waals surface area contributed by atoms with Crippen LogP contribution in [0.25, 0.3) is 11.1 Å². The van der Waals surface area contributed by atoms with Gasteiger partial charge < -0.3 is 14.8 Å². The second kappa shape index (κ2) is 9.39. The summed E-state index contributed by atoms with van der Waals surface area (Å²) >= 11 is 1.59. The molecule has 1 aromatic heterocycles. The normalized spacial score (nSPS) is 12.2. The molecule has 142 valence electrons. The molecule has 10 heteroatoms. The number of nitro benzene ring substituents is 1. The minimum Gasteiger partial charge on any atom is -0.407 e. The number of non-ortho nitro benzene ring substituents is 1. The molecule has 0 fully saturated rings. The van der Waals surface area contributed by atoms with Gasteiger partial charge in [-0.25, -0.2) is 4.79 Å². The molecule has 26 heavy (non-hydrogen) atoms. The largest absolute Gasteiger partial charge is 0.419 e. The Hall–Kier alpha value is -2.33. The van der Waals surface area contributed by atoms with Gasteiger partial charge >= 0.3 is 5.76 Å². The molecule has 1 heterocycles. The molecule has 0 saturated carbocycles. The number of nitro groups is 1. The van der Waals surface area contributed by atoms with Crippen molar-refractivity contribution in [2.75, 3.05) is 18.6 Å². The maximum absolute atomic E-state index is 12.0. The molecular weight excluding hydrogens is 362 g/mol. The highest BCUT2D eigenvalue weighted by Crippen LogP contribution is 2.20. The van der Waals surface area contributed by atoms with Gasteiger partial charge in [-0.05, 0) is 25.2 Å². The number of rotatable bonds is 10. The van der Waals surface area contributed by atoms with Crippen molar-refractivity contribution in [2.24, 2.45) is 0 Å². The molecule has 1 aromatic carbocycles. The Labute approximate surface area is 153 Å². The van der Waals surface area contributed by atoms with Crippen LogP contribution in [0.3, 0.4) is 0 Å². The van der Waals surface area contributed by atoms with E-state index in [1.165, 1.54) is 22.8 Å². The van der Waals surface area contributed by atoms with Gasteiger partial charge in [0.25, 0.3) is 5.69 Å². The fraction of sp³-hybridized carbons (Fsp3) is 0.500. The number of amides is 1. The summed E-state index contributed by atoms with van der Waals surface area (Å²) in [7, 11) is 0. The number of carbonyl (C=O) groups excluding carboxylic acids is 1. The van der Waals surface area contributed by atoms with E-state index in [9.17, 15) is 19.7 Å². The molecule has 0 aliphatic rings. The fourth-order valence-electron chi connectivity index (χ4n) is 2.63. The Kier molecular flexibility index (Phi) is 7.22. The van der Waals surface area contributed by atoms with Gasteiger partial charge in [0.2, 0.25) is 5.91 Å². The van der Waals surface area contributed by atoms with Crippen molar-refractivity contribution in [3.8, 4) is 0 Å². The van der Waals surface area contributed by atoms with Crippen LogP contribution >= 0.6 is 11.8 Å². The summed E-state index contributed by atoms with van der Waals surface area (Å²) in [4.78, 5) is 34.2. The van der Waals surface area contributed by atoms with E-state index in [-0.39, 0.29) is 42.8 Å². The van der Waals surface area contributed by atoms with Crippen LogP contribution < -0.4 is 11.1 Å². The highest BCUT2D eigenvalue weighted by Gasteiger charge is 2.15. The van der Waals surface area contributed by atoms with Gasteiger partial charge in [0, 0.05) is 37.4 Å². The van der Waals surface area contributed by atoms with Gasteiger partial charge in [0.15, 0.2) is 5.58 Å². The molecule has 2 N–H and O–H groups in total. The lowest BCUT2D eigenvalue weighted by atomic mass is 10.2.